The van der Waals surface area contributed by atoms with Crippen molar-refractivity contribution in [1.29, 1.82) is 0 Å². The number of aliphatic hydroxyl groups is 2. The Morgan fingerprint density at radius 3 is 1.04 bits per heavy atom. The number of benzene rings is 4. The molecule has 0 spiro atoms. The SMILES string of the molecule is O=S(=O)(O)c1cccc(Nc2nc(NCCO)nc(Nc3ccc(C=Cc4ccc(Nc5nc(NCCO)nc(Nc6cccc(S(=O)(=O)O)c6)n5)cc4S(=O)(=O)O)c(S(=O)(=O)O)c3)n2)c1.[H-].[Na+]. The quantitative estimate of drug-likeness (QED) is 0.0274. The van der Waals surface area contributed by atoms with E-state index in [9.17, 15) is 62.1 Å². The Hall–Kier alpha value is -6.00. The molecule has 6 aromatic rings. The van der Waals surface area contributed by atoms with Gasteiger partial charge in [0.05, 0.1) is 23.0 Å². The molecule has 350 valence electrons. The minimum absolute atomic E-state index is 0. The van der Waals surface area contributed by atoms with Gasteiger partial charge in [0.15, 0.2) is 0 Å². The van der Waals surface area contributed by atoms with E-state index in [1.807, 2.05) is 0 Å². The Morgan fingerprint density at radius 1 is 0.433 bits per heavy atom. The van der Waals surface area contributed by atoms with Crippen molar-refractivity contribution in [3.8, 4) is 0 Å². The third-order valence-corrected chi connectivity index (χ3v) is 11.9. The van der Waals surface area contributed by atoms with E-state index in [0.29, 0.717) is 0 Å². The van der Waals surface area contributed by atoms with Crippen LogP contribution in [0.3, 0.4) is 0 Å². The van der Waals surface area contributed by atoms with E-state index in [-0.39, 0.29) is 127 Å². The molecule has 0 atom stereocenters. The standard InChI is InChI=1S/C36H36N12O14S4.Na.H/c49-15-13-37-31-43-33(39-23-3-1-5-27(17-23)63(51,52)53)47-35(45-31)41-25-11-9-21(29(19-25)65(57,58)59)7-8-22-10-12-26(20-30(22)66(60,61)62)42-36-46-32(38-14-16-50)44-34(48-36)40-24-4-2-6-28(18-24)64(54,55)56;;/h1-12,17-20,49-50H,13-16H2,(H,51,52,53)(H,54,55,56)(H,57,58,59)(H,60,61,62)(H3,37,39,41,43,45,47)(H3,38,40,42,44,46,48);;/q;+1;-1. The molecular weight excluding hydrogens is 976 g/mol. The molecule has 2 heterocycles. The number of nitrogens with zero attached hydrogens (tertiary/aromatic N) is 6. The van der Waals surface area contributed by atoms with E-state index >= 15 is 0 Å². The summed E-state index contributed by atoms with van der Waals surface area (Å²) in [6.07, 6.45) is 2.29. The van der Waals surface area contributed by atoms with Crippen molar-refractivity contribution in [1.82, 2.24) is 29.9 Å². The van der Waals surface area contributed by atoms with Crippen molar-refractivity contribution in [2.24, 2.45) is 0 Å². The molecule has 12 N–H and O–H groups in total. The molecule has 0 unspecified atom stereocenters. The number of aromatic nitrogens is 6. The molecule has 2 aromatic heterocycles. The molecule has 0 amide bonds. The van der Waals surface area contributed by atoms with Crippen molar-refractivity contribution >= 4 is 111 Å². The molecule has 0 fully saturated rings. The molecule has 31 heteroatoms. The molecule has 0 radical (unpaired) electrons. The minimum Gasteiger partial charge on any atom is -1.00 e. The van der Waals surface area contributed by atoms with Crippen LogP contribution in [0.2, 0.25) is 0 Å². The van der Waals surface area contributed by atoms with Crippen LogP contribution in [-0.4, -0.2) is 118 Å². The monoisotopic (exact) mass is 1010 g/mol. The topological polar surface area (TPSA) is 407 Å². The van der Waals surface area contributed by atoms with Crippen LogP contribution in [0, 0.1) is 0 Å². The second-order valence-corrected chi connectivity index (χ2v) is 18.8. The van der Waals surface area contributed by atoms with E-state index < -0.39 is 60.1 Å². The first-order chi connectivity index (χ1) is 31.1. The first kappa shape index (κ1) is 52.0. The summed E-state index contributed by atoms with van der Waals surface area (Å²) in [6, 6.07) is 17.3. The maximum atomic E-state index is 12.6. The van der Waals surface area contributed by atoms with Gasteiger partial charge in [-0.2, -0.15) is 63.6 Å². The normalized spacial score (nSPS) is 12.0. The molecule has 0 saturated heterocycles. The molecule has 0 bridgehead atoms. The van der Waals surface area contributed by atoms with Gasteiger partial charge in [-0.25, -0.2) is 0 Å². The maximum absolute atomic E-state index is 12.6. The molecule has 4 aromatic carbocycles. The van der Waals surface area contributed by atoms with Gasteiger partial charge in [-0.3, -0.25) is 18.2 Å². The van der Waals surface area contributed by atoms with Crippen LogP contribution < -0.4 is 61.5 Å². The van der Waals surface area contributed by atoms with E-state index in [4.69, 9.17) is 0 Å². The van der Waals surface area contributed by atoms with E-state index in [1.165, 1.54) is 48.5 Å². The fraction of sp³-hybridized carbons (Fsp3) is 0.111. The molecule has 6 rings (SSSR count). The van der Waals surface area contributed by atoms with Crippen LogP contribution in [0.1, 0.15) is 12.6 Å². The number of aliphatic hydroxyl groups excluding tert-OH is 2. The Morgan fingerprint density at radius 2 is 0.746 bits per heavy atom. The first-order valence-corrected chi connectivity index (χ1v) is 24.2. The predicted octanol–water partition coefficient (Wildman–Crippen LogP) is 0.113. The Balaban J connectivity index is 0.00000504. The van der Waals surface area contributed by atoms with Crippen molar-refractivity contribution in [2.45, 2.75) is 19.6 Å². The van der Waals surface area contributed by atoms with Gasteiger partial charge in [0.25, 0.3) is 40.5 Å². The van der Waals surface area contributed by atoms with Gasteiger partial charge < -0.3 is 43.5 Å². The fourth-order valence-corrected chi connectivity index (χ4v) is 8.05. The Bertz CT molecular complexity index is 3070. The van der Waals surface area contributed by atoms with Crippen LogP contribution in [0.5, 0.6) is 0 Å². The van der Waals surface area contributed by atoms with Crippen molar-refractivity contribution in [3.05, 3.63) is 96.1 Å². The fourth-order valence-electron chi connectivity index (χ4n) is 5.58. The number of anilines is 10. The molecule has 0 aliphatic rings. The minimum atomic E-state index is -4.98. The zero-order valence-electron chi connectivity index (χ0n) is 35.3. The predicted molar refractivity (Wildman–Crippen MR) is 239 cm³/mol. The van der Waals surface area contributed by atoms with Crippen LogP contribution in [0.4, 0.5) is 58.4 Å². The van der Waals surface area contributed by atoms with Crippen molar-refractivity contribution in [2.75, 3.05) is 58.2 Å². The summed E-state index contributed by atoms with van der Waals surface area (Å²) < 4.78 is 136. The van der Waals surface area contributed by atoms with Gasteiger partial charge in [-0.1, -0.05) is 36.4 Å². The first-order valence-electron chi connectivity index (χ1n) is 18.4. The Labute approximate surface area is 405 Å². The largest absolute Gasteiger partial charge is 1.00 e. The zero-order valence-corrected chi connectivity index (χ0v) is 39.6. The summed E-state index contributed by atoms with van der Waals surface area (Å²) in [7, 11) is -19.1. The van der Waals surface area contributed by atoms with Gasteiger partial charge in [0, 0.05) is 35.8 Å². The summed E-state index contributed by atoms with van der Waals surface area (Å²) in [5.74, 6) is -0.911. The third kappa shape index (κ3) is 14.7. The summed E-state index contributed by atoms with van der Waals surface area (Å²) in [5, 5.41) is 35.1. The van der Waals surface area contributed by atoms with E-state index in [1.54, 1.807) is 0 Å². The molecule has 0 saturated carbocycles. The average molecular weight is 1010 g/mol. The summed E-state index contributed by atoms with van der Waals surface area (Å²) >= 11 is 0. The van der Waals surface area contributed by atoms with E-state index in [0.717, 1.165) is 48.6 Å². The van der Waals surface area contributed by atoms with Gasteiger partial charge in [-0.05, 0) is 71.8 Å². The molecule has 26 nitrogen and oxygen atoms in total. The van der Waals surface area contributed by atoms with Crippen LogP contribution in [0.15, 0.2) is 105 Å². The zero-order chi connectivity index (χ0) is 47.9. The van der Waals surface area contributed by atoms with Crippen LogP contribution >= 0.6 is 0 Å². The van der Waals surface area contributed by atoms with Gasteiger partial charge in [0.1, 0.15) is 9.79 Å². The van der Waals surface area contributed by atoms with Gasteiger partial charge >= 0.3 is 29.6 Å². The smallest absolute Gasteiger partial charge is 1.00 e. The van der Waals surface area contributed by atoms with Crippen LogP contribution in [0.25, 0.3) is 12.2 Å². The third-order valence-electron chi connectivity index (χ3n) is 8.37. The molecular formula is C36H37N12NaO14S4. The summed E-state index contributed by atoms with van der Waals surface area (Å²) in [6.45, 7) is -0.641. The number of rotatable bonds is 20. The summed E-state index contributed by atoms with van der Waals surface area (Å²) in [5.41, 5.74) is -0.00857. The maximum Gasteiger partial charge on any atom is 1.00 e. The number of hydrogen-bond donors (Lipinski definition) is 12. The van der Waals surface area contributed by atoms with Crippen molar-refractivity contribution < 1.29 is 93.1 Å². The van der Waals surface area contributed by atoms with Gasteiger partial charge in [-0.15, -0.1) is 0 Å². The average Bonchev–Trinajstić information content (AvgIpc) is 3.23. The molecule has 0 aliphatic heterocycles. The van der Waals surface area contributed by atoms with E-state index in [2.05, 4.69) is 61.8 Å². The molecule has 0 aliphatic carbocycles. The summed E-state index contributed by atoms with van der Waals surface area (Å²) in [4.78, 5) is 22.9. The van der Waals surface area contributed by atoms with Crippen molar-refractivity contribution in [3.63, 3.8) is 0 Å². The number of hydrogen-bond acceptors (Lipinski definition) is 22. The van der Waals surface area contributed by atoms with Crippen LogP contribution in [-0.2, 0) is 40.5 Å². The van der Waals surface area contributed by atoms with Gasteiger partial charge in [0.2, 0.25) is 35.7 Å². The molecule has 67 heavy (non-hydrogen) atoms. The number of nitrogens with one attached hydrogen (secondary N) is 6. The second-order valence-electron chi connectivity index (χ2n) is 13.2. The second kappa shape index (κ2) is 21.7. The Kier molecular flexibility index (Phi) is 16.9.